The van der Waals surface area contributed by atoms with Gasteiger partial charge in [0, 0.05) is 5.56 Å². The molecular weight excluding hydrogens is 214 g/mol. The van der Waals surface area contributed by atoms with Crippen molar-refractivity contribution < 1.29 is 9.78 Å². The van der Waals surface area contributed by atoms with Crippen LogP contribution in [-0.2, 0) is 4.89 Å². The summed E-state index contributed by atoms with van der Waals surface area (Å²) in [6.07, 6.45) is 2.39. The molecule has 17 heavy (non-hydrogen) atoms. The third kappa shape index (κ3) is 2.79. The second-order valence-corrected chi connectivity index (χ2v) is 4.21. The molecule has 1 aromatic rings. The number of rotatable bonds is 5. The van der Waals surface area contributed by atoms with Crippen molar-refractivity contribution >= 4 is 0 Å². The van der Waals surface area contributed by atoms with E-state index in [4.69, 9.17) is 9.78 Å². The molecule has 0 saturated heterocycles. The fourth-order valence-corrected chi connectivity index (χ4v) is 2.06. The van der Waals surface area contributed by atoms with Gasteiger partial charge < -0.3 is 4.89 Å². The number of hydrogen-bond acceptors (Lipinski definition) is 3. The molecule has 0 N–H and O–H groups in total. The van der Waals surface area contributed by atoms with Gasteiger partial charge in [-0.2, -0.15) is 4.89 Å². The minimum atomic E-state index is 0.0801. The lowest BCUT2D eigenvalue weighted by Gasteiger charge is -2.32. The first-order valence-corrected chi connectivity index (χ1v) is 6.28. The molecular formula is C14H19NO2. The fourth-order valence-electron chi connectivity index (χ4n) is 2.06. The molecule has 3 nitrogen and oxygen atoms in total. The first-order chi connectivity index (χ1) is 8.36. The highest BCUT2D eigenvalue weighted by Gasteiger charge is 2.28. The van der Waals surface area contributed by atoms with Crippen molar-refractivity contribution in [2.75, 3.05) is 13.1 Å². The van der Waals surface area contributed by atoms with Gasteiger partial charge in [-0.25, -0.2) is 0 Å². The molecule has 0 bridgehead atoms. The van der Waals surface area contributed by atoms with Gasteiger partial charge >= 0.3 is 0 Å². The number of fused-ring (bicyclic) bond motifs is 1. The minimum Gasteiger partial charge on any atom is -0.336 e. The lowest BCUT2D eigenvalue weighted by molar-refractivity contribution is -0.197. The quantitative estimate of drug-likeness (QED) is 0.729. The predicted molar refractivity (Wildman–Crippen MR) is 66.3 cm³/mol. The van der Waals surface area contributed by atoms with E-state index in [2.05, 4.69) is 31.4 Å². The first-order valence-electron chi connectivity index (χ1n) is 6.28. The van der Waals surface area contributed by atoms with Crippen molar-refractivity contribution in [2.24, 2.45) is 0 Å². The first kappa shape index (κ1) is 12.4. The summed E-state index contributed by atoms with van der Waals surface area (Å²) in [4.78, 5) is 12.4. The maximum absolute atomic E-state index is 5.12. The van der Waals surface area contributed by atoms with Gasteiger partial charge in [0.05, 0.1) is 6.04 Å². The molecule has 0 aromatic heterocycles. The van der Waals surface area contributed by atoms with E-state index in [1.807, 2.05) is 18.2 Å². The molecule has 1 aliphatic heterocycles. The lowest BCUT2D eigenvalue weighted by Crippen LogP contribution is -2.33. The van der Waals surface area contributed by atoms with E-state index in [0.717, 1.165) is 24.4 Å². The van der Waals surface area contributed by atoms with E-state index in [1.165, 1.54) is 12.8 Å². The summed E-state index contributed by atoms with van der Waals surface area (Å²) in [6, 6.07) is 8.06. The van der Waals surface area contributed by atoms with Gasteiger partial charge in [-0.05, 0) is 25.6 Å². The van der Waals surface area contributed by atoms with Crippen molar-refractivity contribution in [3.05, 3.63) is 36.4 Å². The highest BCUT2D eigenvalue weighted by atomic mass is 17.2. The SMILES string of the molecule is CCCCN(CC)C1[C]OOc2ccccc21. The van der Waals surface area contributed by atoms with Crippen LogP contribution in [0.15, 0.2) is 24.3 Å². The molecule has 0 spiro atoms. The summed E-state index contributed by atoms with van der Waals surface area (Å²) in [5.74, 6) is 0.797. The molecule has 1 aliphatic rings. The van der Waals surface area contributed by atoms with Crippen LogP contribution in [0.4, 0.5) is 0 Å². The molecule has 92 valence electrons. The van der Waals surface area contributed by atoms with E-state index < -0.39 is 0 Å². The standard InChI is InChI=1S/C14H19NO2/c1-3-5-10-15(4-2)13-11-16-17-14-9-7-6-8-12(13)14/h6-9,13H,3-5,10H2,1-2H3. The number of unbranched alkanes of at least 4 members (excludes halogenated alkanes) is 1. The Morgan fingerprint density at radius 2 is 2.12 bits per heavy atom. The monoisotopic (exact) mass is 233 g/mol. The van der Waals surface area contributed by atoms with Gasteiger partial charge in [0.15, 0.2) is 5.75 Å². The Labute approximate surface area is 103 Å². The van der Waals surface area contributed by atoms with Crippen LogP contribution in [0.2, 0.25) is 0 Å². The number of para-hydroxylation sites is 1. The van der Waals surface area contributed by atoms with Crippen molar-refractivity contribution in [1.82, 2.24) is 4.90 Å². The Balaban J connectivity index is 2.15. The van der Waals surface area contributed by atoms with Crippen LogP contribution in [0.3, 0.4) is 0 Å². The molecule has 1 unspecified atom stereocenters. The highest BCUT2D eigenvalue weighted by Crippen LogP contribution is 2.35. The van der Waals surface area contributed by atoms with Gasteiger partial charge in [0.2, 0.25) is 6.61 Å². The fraction of sp³-hybridized carbons (Fsp3) is 0.500. The number of nitrogens with zero attached hydrogens (tertiary/aromatic N) is 1. The van der Waals surface area contributed by atoms with Crippen LogP contribution in [0, 0.1) is 6.61 Å². The van der Waals surface area contributed by atoms with Crippen LogP contribution in [0.1, 0.15) is 38.3 Å². The van der Waals surface area contributed by atoms with Gasteiger partial charge in [-0.15, -0.1) is 0 Å². The molecule has 0 saturated carbocycles. The number of benzene rings is 1. The normalized spacial score (nSPS) is 18.9. The van der Waals surface area contributed by atoms with Crippen LogP contribution >= 0.6 is 0 Å². The largest absolute Gasteiger partial charge is 0.336 e. The molecule has 1 aromatic carbocycles. The van der Waals surface area contributed by atoms with E-state index in [0.29, 0.717) is 0 Å². The van der Waals surface area contributed by atoms with Crippen LogP contribution < -0.4 is 4.89 Å². The summed E-state index contributed by atoms with van der Waals surface area (Å²) >= 11 is 0. The summed E-state index contributed by atoms with van der Waals surface area (Å²) in [5.41, 5.74) is 1.14. The predicted octanol–water partition coefficient (Wildman–Crippen LogP) is 3.21. The van der Waals surface area contributed by atoms with Gasteiger partial charge in [-0.1, -0.05) is 38.5 Å². The summed E-state index contributed by atoms with van der Waals surface area (Å²) < 4.78 is 0. The second kappa shape index (κ2) is 6.03. The molecule has 2 rings (SSSR count). The average Bonchev–Trinajstić information content (AvgIpc) is 2.40. The van der Waals surface area contributed by atoms with E-state index >= 15 is 0 Å². The molecule has 0 fully saturated rings. The summed E-state index contributed by atoms with van der Waals surface area (Å²) in [6.45, 7) is 9.34. The zero-order valence-corrected chi connectivity index (χ0v) is 10.5. The van der Waals surface area contributed by atoms with Gasteiger partial charge in [-0.3, -0.25) is 4.90 Å². The van der Waals surface area contributed by atoms with Crippen molar-refractivity contribution in [2.45, 2.75) is 32.7 Å². The molecule has 1 heterocycles. The molecule has 3 heteroatoms. The molecule has 0 amide bonds. The zero-order chi connectivity index (χ0) is 12.1. The van der Waals surface area contributed by atoms with Crippen molar-refractivity contribution in [3.63, 3.8) is 0 Å². The maximum Gasteiger partial charge on any atom is 0.211 e. The van der Waals surface area contributed by atoms with E-state index in [1.54, 1.807) is 0 Å². The molecule has 0 aliphatic carbocycles. The Morgan fingerprint density at radius 1 is 1.29 bits per heavy atom. The Bertz CT molecular complexity index is 354. The molecule has 1 atom stereocenters. The number of hydrogen-bond donors (Lipinski definition) is 0. The third-order valence-electron chi connectivity index (χ3n) is 3.07. The Kier molecular flexibility index (Phi) is 4.40. The van der Waals surface area contributed by atoms with E-state index in [-0.39, 0.29) is 6.04 Å². The van der Waals surface area contributed by atoms with Crippen molar-refractivity contribution in [1.29, 1.82) is 0 Å². The number of likely N-dealkylation sites (N-methyl/N-ethyl adjacent to an activating group) is 1. The zero-order valence-electron chi connectivity index (χ0n) is 10.5. The minimum absolute atomic E-state index is 0.0801. The molecule has 2 radical (unpaired) electrons. The Hall–Kier alpha value is -1.06. The lowest BCUT2D eigenvalue weighted by atomic mass is 10.0. The van der Waals surface area contributed by atoms with Crippen LogP contribution in [0.5, 0.6) is 5.75 Å². The van der Waals surface area contributed by atoms with Crippen LogP contribution in [-0.4, -0.2) is 18.0 Å². The third-order valence-corrected chi connectivity index (χ3v) is 3.07. The Morgan fingerprint density at radius 3 is 2.88 bits per heavy atom. The van der Waals surface area contributed by atoms with Gasteiger partial charge in [0.25, 0.3) is 0 Å². The second-order valence-electron chi connectivity index (χ2n) is 4.21. The highest BCUT2D eigenvalue weighted by molar-refractivity contribution is 5.37. The smallest absolute Gasteiger partial charge is 0.211 e. The maximum atomic E-state index is 5.12. The summed E-state index contributed by atoms with van der Waals surface area (Å²) in [7, 11) is 0. The van der Waals surface area contributed by atoms with Gasteiger partial charge in [0.1, 0.15) is 0 Å². The van der Waals surface area contributed by atoms with Crippen molar-refractivity contribution in [3.8, 4) is 5.75 Å². The van der Waals surface area contributed by atoms with E-state index in [9.17, 15) is 0 Å². The summed E-state index contributed by atoms with van der Waals surface area (Å²) in [5, 5.41) is 0. The van der Waals surface area contributed by atoms with Crippen LogP contribution in [0.25, 0.3) is 0 Å². The topological polar surface area (TPSA) is 21.7 Å². The average molecular weight is 233 g/mol.